The summed E-state index contributed by atoms with van der Waals surface area (Å²) in [6.45, 7) is 5.90. The molecule has 30 heavy (non-hydrogen) atoms. The molecule has 0 spiro atoms. The van der Waals surface area contributed by atoms with E-state index in [1.165, 1.54) is 16.5 Å². The Morgan fingerprint density at radius 2 is 2.07 bits per heavy atom. The first-order valence-corrected chi connectivity index (χ1v) is 10.2. The number of benzene rings is 1. The maximum Gasteiger partial charge on any atom is 0.191 e. The van der Waals surface area contributed by atoms with Gasteiger partial charge in [-0.2, -0.15) is 0 Å². The first-order valence-electron chi connectivity index (χ1n) is 10.2. The van der Waals surface area contributed by atoms with Crippen LogP contribution in [0.5, 0.6) is 0 Å². The monoisotopic (exact) mass is 525 g/mol. The van der Waals surface area contributed by atoms with Crippen molar-refractivity contribution in [2.45, 2.75) is 32.7 Å². The largest absolute Gasteiger partial charge is 0.385 e. The molecule has 2 heterocycles. The van der Waals surface area contributed by atoms with Gasteiger partial charge in [0.25, 0.3) is 0 Å². The Morgan fingerprint density at radius 3 is 2.90 bits per heavy atom. The van der Waals surface area contributed by atoms with E-state index in [0.717, 1.165) is 57.2 Å². The molecule has 0 unspecified atom stereocenters. The Labute approximate surface area is 194 Å². The molecule has 3 rings (SSSR count). The normalized spacial score (nSPS) is 11.5. The number of H-pyrrole nitrogens is 1. The number of aliphatic imine (C=N–C) groups is 1. The maximum absolute atomic E-state index is 5.12. The van der Waals surface area contributed by atoms with Gasteiger partial charge in [0.2, 0.25) is 0 Å². The molecule has 0 radical (unpaired) electrons. The SMILES string of the molecule is CCc1nncn1CCNC(=NCCCOC)NCCc1c[nH]c2ccccc12.I. The lowest BCUT2D eigenvalue weighted by Crippen LogP contribution is -2.40. The van der Waals surface area contributed by atoms with Crippen LogP contribution in [-0.4, -0.2) is 59.1 Å². The summed E-state index contributed by atoms with van der Waals surface area (Å²) in [5.41, 5.74) is 2.48. The van der Waals surface area contributed by atoms with Crippen molar-refractivity contribution in [2.24, 2.45) is 4.99 Å². The van der Waals surface area contributed by atoms with Gasteiger partial charge < -0.3 is 24.9 Å². The van der Waals surface area contributed by atoms with Gasteiger partial charge in [-0.3, -0.25) is 4.99 Å². The van der Waals surface area contributed by atoms with Gasteiger partial charge in [0, 0.05) is 63.4 Å². The lowest BCUT2D eigenvalue weighted by molar-refractivity contribution is 0.197. The number of nitrogens with zero attached hydrogens (tertiary/aromatic N) is 4. The van der Waals surface area contributed by atoms with Gasteiger partial charge in [0.15, 0.2) is 5.96 Å². The molecule has 0 saturated carbocycles. The van der Waals surface area contributed by atoms with E-state index in [9.17, 15) is 0 Å². The van der Waals surface area contributed by atoms with Crippen LogP contribution in [0.4, 0.5) is 0 Å². The first kappa shape index (κ1) is 24.1. The zero-order valence-corrected chi connectivity index (χ0v) is 20.1. The molecule has 2 aromatic heterocycles. The van der Waals surface area contributed by atoms with Gasteiger partial charge in [-0.25, -0.2) is 0 Å². The van der Waals surface area contributed by atoms with Crippen LogP contribution in [0.2, 0.25) is 0 Å². The third kappa shape index (κ3) is 6.98. The lowest BCUT2D eigenvalue weighted by Gasteiger charge is -2.13. The molecule has 8 nitrogen and oxygen atoms in total. The number of nitrogens with one attached hydrogen (secondary N) is 3. The van der Waals surface area contributed by atoms with Crippen LogP contribution in [0.3, 0.4) is 0 Å². The zero-order chi connectivity index (χ0) is 20.3. The van der Waals surface area contributed by atoms with Crippen molar-refractivity contribution in [3.63, 3.8) is 0 Å². The quantitative estimate of drug-likeness (QED) is 0.155. The summed E-state index contributed by atoms with van der Waals surface area (Å²) in [6, 6.07) is 8.39. The van der Waals surface area contributed by atoms with Gasteiger partial charge >= 0.3 is 0 Å². The van der Waals surface area contributed by atoms with Crippen LogP contribution >= 0.6 is 24.0 Å². The summed E-state index contributed by atoms with van der Waals surface area (Å²) in [7, 11) is 1.72. The Morgan fingerprint density at radius 1 is 1.23 bits per heavy atom. The second-order valence-corrected chi connectivity index (χ2v) is 6.83. The van der Waals surface area contributed by atoms with Crippen LogP contribution in [0.25, 0.3) is 10.9 Å². The number of halogens is 1. The second-order valence-electron chi connectivity index (χ2n) is 6.83. The van der Waals surface area contributed by atoms with Gasteiger partial charge in [0.1, 0.15) is 12.2 Å². The second kappa shape index (κ2) is 13.2. The smallest absolute Gasteiger partial charge is 0.191 e. The number of ether oxygens (including phenoxy) is 1. The minimum Gasteiger partial charge on any atom is -0.385 e. The zero-order valence-electron chi connectivity index (χ0n) is 17.7. The fraction of sp³-hybridized carbons (Fsp3) is 0.476. The van der Waals surface area contributed by atoms with Crippen LogP contribution in [0.1, 0.15) is 24.7 Å². The highest BCUT2D eigenvalue weighted by Crippen LogP contribution is 2.17. The minimum atomic E-state index is 0. The fourth-order valence-corrected chi connectivity index (χ4v) is 3.26. The summed E-state index contributed by atoms with van der Waals surface area (Å²) in [4.78, 5) is 8.00. The molecule has 0 bridgehead atoms. The van der Waals surface area contributed by atoms with E-state index in [4.69, 9.17) is 4.74 Å². The standard InChI is InChI=1S/C21H31N7O.HI/c1-3-20-27-26-16-28(20)13-12-24-21(22-10-6-14-29-2)23-11-9-17-15-25-19-8-5-4-7-18(17)19;/h4-5,7-8,15-16,25H,3,6,9-14H2,1-2H3,(H2,22,23,24);1H. The molecule has 0 aliphatic heterocycles. The van der Waals surface area contributed by atoms with Crippen molar-refractivity contribution in [1.82, 2.24) is 30.4 Å². The van der Waals surface area contributed by atoms with Crippen molar-refractivity contribution >= 4 is 40.8 Å². The molecule has 0 aliphatic rings. The number of fused-ring (bicyclic) bond motifs is 1. The van der Waals surface area contributed by atoms with Gasteiger partial charge in [-0.1, -0.05) is 25.1 Å². The predicted molar refractivity (Wildman–Crippen MR) is 132 cm³/mol. The maximum atomic E-state index is 5.12. The number of hydrogen-bond acceptors (Lipinski definition) is 4. The van der Waals surface area contributed by atoms with E-state index in [2.05, 4.69) is 72.8 Å². The molecule has 0 saturated heterocycles. The average molecular weight is 525 g/mol. The van der Waals surface area contributed by atoms with Crippen molar-refractivity contribution in [2.75, 3.05) is 33.4 Å². The molecule has 0 atom stereocenters. The molecule has 3 N–H and O–H groups in total. The van der Waals surface area contributed by atoms with E-state index in [1.54, 1.807) is 13.4 Å². The average Bonchev–Trinajstić information content (AvgIpc) is 3.37. The number of rotatable bonds is 11. The molecule has 3 aromatic rings. The van der Waals surface area contributed by atoms with Crippen LogP contribution < -0.4 is 10.6 Å². The van der Waals surface area contributed by atoms with E-state index >= 15 is 0 Å². The predicted octanol–water partition coefficient (Wildman–Crippen LogP) is 2.75. The Kier molecular flexibility index (Phi) is 10.6. The highest BCUT2D eigenvalue weighted by Gasteiger charge is 2.05. The molecule has 0 fully saturated rings. The number of aromatic nitrogens is 4. The number of guanidine groups is 1. The summed E-state index contributed by atoms with van der Waals surface area (Å²) in [5, 5.41) is 16.3. The Balaban J connectivity index is 0.00000320. The number of hydrogen-bond donors (Lipinski definition) is 3. The molecular formula is C21H32IN7O. The lowest BCUT2D eigenvalue weighted by atomic mass is 10.1. The van der Waals surface area contributed by atoms with Crippen LogP contribution in [0, 0.1) is 0 Å². The van der Waals surface area contributed by atoms with E-state index in [-0.39, 0.29) is 24.0 Å². The van der Waals surface area contributed by atoms with Crippen molar-refractivity contribution in [1.29, 1.82) is 0 Å². The number of para-hydroxylation sites is 1. The summed E-state index contributed by atoms with van der Waals surface area (Å²) in [6.07, 6.45) is 6.57. The van der Waals surface area contributed by atoms with E-state index in [0.29, 0.717) is 6.61 Å². The van der Waals surface area contributed by atoms with Crippen LogP contribution in [0.15, 0.2) is 41.8 Å². The van der Waals surface area contributed by atoms with Crippen LogP contribution in [-0.2, 0) is 24.1 Å². The Bertz CT molecular complexity index is 906. The third-order valence-corrected chi connectivity index (χ3v) is 4.80. The van der Waals surface area contributed by atoms with Crippen molar-refractivity contribution < 1.29 is 4.74 Å². The number of aryl methyl sites for hydroxylation is 1. The van der Waals surface area contributed by atoms with Crippen molar-refractivity contribution in [3.8, 4) is 0 Å². The summed E-state index contributed by atoms with van der Waals surface area (Å²) < 4.78 is 7.19. The van der Waals surface area contributed by atoms with Gasteiger partial charge in [-0.05, 0) is 24.5 Å². The summed E-state index contributed by atoms with van der Waals surface area (Å²) >= 11 is 0. The van der Waals surface area contributed by atoms with Gasteiger partial charge in [-0.15, -0.1) is 34.2 Å². The molecular weight excluding hydrogens is 493 g/mol. The molecule has 9 heteroatoms. The molecule has 0 amide bonds. The topological polar surface area (TPSA) is 92.2 Å². The van der Waals surface area contributed by atoms with E-state index < -0.39 is 0 Å². The highest BCUT2D eigenvalue weighted by atomic mass is 127. The van der Waals surface area contributed by atoms with E-state index in [1.807, 2.05) is 0 Å². The summed E-state index contributed by atoms with van der Waals surface area (Å²) in [5.74, 6) is 1.82. The van der Waals surface area contributed by atoms with Crippen molar-refractivity contribution in [3.05, 3.63) is 48.2 Å². The number of aromatic amines is 1. The highest BCUT2D eigenvalue weighted by molar-refractivity contribution is 14.0. The Hall–Kier alpha value is -2.14. The fourth-order valence-electron chi connectivity index (χ4n) is 3.26. The first-order chi connectivity index (χ1) is 14.3. The van der Waals surface area contributed by atoms with Gasteiger partial charge in [0.05, 0.1) is 0 Å². The molecule has 1 aromatic carbocycles. The molecule has 0 aliphatic carbocycles. The minimum absolute atomic E-state index is 0. The third-order valence-electron chi connectivity index (χ3n) is 4.80. The molecule has 164 valence electrons. The number of methoxy groups -OCH3 is 1.